The summed E-state index contributed by atoms with van der Waals surface area (Å²) in [6.45, 7) is 2.45. The van der Waals surface area contributed by atoms with E-state index >= 15 is 4.39 Å². The van der Waals surface area contributed by atoms with Gasteiger partial charge >= 0.3 is 6.01 Å². The number of benzene rings is 3. The van der Waals surface area contributed by atoms with Crippen LogP contribution in [0.25, 0.3) is 32.8 Å². The van der Waals surface area contributed by atoms with E-state index in [1.54, 1.807) is 12.1 Å². The predicted molar refractivity (Wildman–Crippen MR) is 150 cm³/mol. The van der Waals surface area contributed by atoms with Gasteiger partial charge in [-0.15, -0.1) is 0 Å². The van der Waals surface area contributed by atoms with Crippen molar-refractivity contribution >= 4 is 45.0 Å². The van der Waals surface area contributed by atoms with E-state index in [1.807, 2.05) is 24.3 Å². The van der Waals surface area contributed by atoms with Crippen molar-refractivity contribution in [3.8, 4) is 22.9 Å². The van der Waals surface area contributed by atoms with Crippen LogP contribution in [-0.4, -0.2) is 59.8 Å². The first-order valence-electron chi connectivity index (χ1n) is 13.1. The van der Waals surface area contributed by atoms with Gasteiger partial charge in [-0.05, 0) is 53.8 Å². The number of carbonyl (C=O) groups is 1. The third-order valence-electron chi connectivity index (χ3n) is 7.56. The summed E-state index contributed by atoms with van der Waals surface area (Å²) in [5, 5.41) is 18.9. The highest BCUT2D eigenvalue weighted by Crippen LogP contribution is 2.42. The van der Waals surface area contributed by atoms with Gasteiger partial charge in [0.25, 0.3) is 0 Å². The summed E-state index contributed by atoms with van der Waals surface area (Å²) < 4.78 is 21.5. The molecule has 3 aliphatic rings. The molecule has 202 valence electrons. The molecule has 3 aromatic carbocycles. The van der Waals surface area contributed by atoms with Crippen LogP contribution >= 0.6 is 11.6 Å². The molecule has 1 amide bonds. The van der Waals surface area contributed by atoms with E-state index in [1.165, 1.54) is 13.2 Å². The van der Waals surface area contributed by atoms with Crippen LogP contribution in [0.2, 0.25) is 5.02 Å². The summed E-state index contributed by atoms with van der Waals surface area (Å²) in [4.78, 5) is 21.3. The first kappa shape index (κ1) is 25.6. The number of halogens is 2. The lowest BCUT2D eigenvalue weighted by molar-refractivity contribution is -0.119. The number of nitrogens with zero attached hydrogens (tertiary/aromatic N) is 3. The second-order valence-corrected chi connectivity index (χ2v) is 10.6. The number of aromatic hydroxyl groups is 1. The number of hydrogen-bond donors (Lipinski definition) is 3. The van der Waals surface area contributed by atoms with Crippen molar-refractivity contribution in [1.82, 2.24) is 20.6 Å². The molecule has 4 aromatic rings. The van der Waals surface area contributed by atoms with E-state index in [-0.39, 0.29) is 33.8 Å². The lowest BCUT2D eigenvalue weighted by atomic mass is 9.96. The molecule has 3 aliphatic heterocycles. The largest absolute Gasteiger partial charge is 0.508 e. The van der Waals surface area contributed by atoms with Crippen LogP contribution in [-0.2, 0) is 4.79 Å². The molecule has 3 fully saturated rings. The zero-order valence-electron chi connectivity index (χ0n) is 21.5. The van der Waals surface area contributed by atoms with Crippen molar-refractivity contribution in [2.45, 2.75) is 37.8 Å². The summed E-state index contributed by atoms with van der Waals surface area (Å²) >= 11 is 6.71. The lowest BCUT2D eigenvalue weighted by Gasteiger charge is -2.34. The van der Waals surface area contributed by atoms with Gasteiger partial charge in [0.2, 0.25) is 5.91 Å². The highest BCUT2D eigenvalue weighted by Gasteiger charge is 2.34. The Morgan fingerprint density at radius 1 is 1.10 bits per heavy atom. The molecule has 0 aliphatic carbocycles. The van der Waals surface area contributed by atoms with Crippen molar-refractivity contribution in [2.75, 3.05) is 31.6 Å². The number of methoxy groups -OCH3 is 1. The Morgan fingerprint density at radius 3 is 2.54 bits per heavy atom. The topological polar surface area (TPSA) is 99.6 Å². The molecule has 2 atom stereocenters. The fourth-order valence-corrected chi connectivity index (χ4v) is 6.07. The quantitative estimate of drug-likeness (QED) is 0.338. The van der Waals surface area contributed by atoms with E-state index in [0.717, 1.165) is 56.1 Å². The van der Waals surface area contributed by atoms with Gasteiger partial charge < -0.3 is 25.4 Å². The number of anilines is 1. The molecule has 1 aromatic heterocycles. The molecule has 0 saturated carbocycles. The molecule has 39 heavy (non-hydrogen) atoms. The molecule has 8 nitrogen and oxygen atoms in total. The molecular formula is C29H29ClFN5O3. The van der Waals surface area contributed by atoms with Crippen molar-refractivity contribution < 1.29 is 19.0 Å². The number of fused-ring (bicyclic) bond motifs is 4. The van der Waals surface area contributed by atoms with Crippen LogP contribution in [0.15, 0.2) is 42.5 Å². The Bertz CT molecular complexity index is 1560. The maximum atomic E-state index is 16.2. The minimum absolute atomic E-state index is 0.0384. The van der Waals surface area contributed by atoms with Crippen molar-refractivity contribution in [2.24, 2.45) is 0 Å². The number of carbonyl (C=O) groups excluding carboxylic acids is 1. The molecule has 2 bridgehead atoms. The van der Waals surface area contributed by atoms with Crippen molar-refractivity contribution in [3.63, 3.8) is 0 Å². The fraction of sp³-hybridized carbons (Fsp3) is 0.345. The molecule has 2 unspecified atom stereocenters. The summed E-state index contributed by atoms with van der Waals surface area (Å²) in [5.41, 5.74) is 0.854. The first-order chi connectivity index (χ1) is 18.9. The van der Waals surface area contributed by atoms with Gasteiger partial charge in [0.05, 0.1) is 12.1 Å². The van der Waals surface area contributed by atoms with Gasteiger partial charge in [-0.25, -0.2) is 4.39 Å². The van der Waals surface area contributed by atoms with E-state index in [9.17, 15) is 9.90 Å². The Hall–Kier alpha value is -3.69. The lowest BCUT2D eigenvalue weighted by Crippen LogP contribution is -2.51. The number of phenolic OH excluding ortho intramolecular Hbond substituents is 1. The van der Waals surface area contributed by atoms with E-state index < -0.39 is 5.82 Å². The summed E-state index contributed by atoms with van der Waals surface area (Å²) in [7, 11) is 1.48. The number of hydrogen-bond acceptors (Lipinski definition) is 7. The fourth-order valence-electron chi connectivity index (χ4n) is 5.78. The van der Waals surface area contributed by atoms with Crippen LogP contribution < -0.4 is 20.3 Å². The normalized spacial score (nSPS) is 20.2. The first-order valence-corrected chi connectivity index (χ1v) is 13.5. The molecule has 3 saturated heterocycles. The Morgan fingerprint density at radius 2 is 1.87 bits per heavy atom. The van der Waals surface area contributed by atoms with Gasteiger partial charge in [0.1, 0.15) is 17.1 Å². The third kappa shape index (κ3) is 4.92. The number of phenols is 1. The average molecular weight is 550 g/mol. The van der Waals surface area contributed by atoms with E-state index in [2.05, 4.69) is 25.5 Å². The zero-order chi connectivity index (χ0) is 27.1. The molecule has 0 spiro atoms. The maximum absolute atomic E-state index is 16.2. The van der Waals surface area contributed by atoms with Crippen LogP contribution in [0, 0.1) is 5.82 Å². The van der Waals surface area contributed by atoms with Crippen molar-refractivity contribution in [1.29, 1.82) is 0 Å². The second-order valence-electron chi connectivity index (χ2n) is 10.2. The highest BCUT2D eigenvalue weighted by molar-refractivity contribution is 6.35. The maximum Gasteiger partial charge on any atom is 0.318 e. The van der Waals surface area contributed by atoms with Crippen LogP contribution in [0.1, 0.15) is 25.7 Å². The number of rotatable bonds is 3. The second kappa shape index (κ2) is 10.5. The summed E-state index contributed by atoms with van der Waals surface area (Å²) in [6.07, 6.45) is 4.00. The van der Waals surface area contributed by atoms with Crippen LogP contribution in [0.5, 0.6) is 11.8 Å². The van der Waals surface area contributed by atoms with Gasteiger partial charge in [-0.1, -0.05) is 35.9 Å². The number of ether oxygens (including phenoxy) is 1. The standard InChI is InChI=1S/C25H22ClFN4O2.C4H7NO/c1-33-25-29-23-19(24(30-25)31-11-14-6-7-15(12-31)28-14)10-20(26)21(22(23)27)18-9-16(32)8-13-4-2-3-5-17(13)18;6-4-2-1-3-5-4/h2-5,8-10,14-15,28,32H,6-7,11-12H2,1H3;1-3H2,(H,5,6). The minimum atomic E-state index is -0.562. The predicted octanol–water partition coefficient (Wildman–Crippen LogP) is 4.79. The Kier molecular flexibility index (Phi) is 6.86. The molecule has 7 rings (SSSR count). The summed E-state index contributed by atoms with van der Waals surface area (Å²) in [5.74, 6) is 0.309. The van der Waals surface area contributed by atoms with E-state index in [0.29, 0.717) is 28.9 Å². The minimum Gasteiger partial charge on any atom is -0.508 e. The Balaban J connectivity index is 0.000000410. The van der Waals surface area contributed by atoms with Gasteiger partial charge in [0.15, 0.2) is 5.82 Å². The zero-order valence-corrected chi connectivity index (χ0v) is 22.3. The van der Waals surface area contributed by atoms with E-state index in [4.69, 9.17) is 16.3 Å². The SMILES string of the molecule is COc1nc(N2CC3CCC(C2)N3)c2cc(Cl)c(-c3cc(O)cc4ccccc34)c(F)c2n1.O=C1CCCN1. The van der Waals surface area contributed by atoms with Gasteiger partial charge in [0, 0.05) is 49.1 Å². The Labute approximate surface area is 230 Å². The van der Waals surface area contributed by atoms with Crippen molar-refractivity contribution in [3.05, 3.63) is 53.3 Å². The number of piperazine rings is 1. The molecule has 3 N–H and O–H groups in total. The molecule has 10 heteroatoms. The molecule has 0 radical (unpaired) electrons. The monoisotopic (exact) mass is 549 g/mol. The number of nitrogens with one attached hydrogen (secondary N) is 2. The smallest absolute Gasteiger partial charge is 0.318 e. The van der Waals surface area contributed by atoms with Gasteiger partial charge in [-0.2, -0.15) is 9.97 Å². The highest BCUT2D eigenvalue weighted by atomic mass is 35.5. The summed E-state index contributed by atoms with van der Waals surface area (Å²) in [6, 6.07) is 13.3. The molecular weight excluding hydrogens is 521 g/mol. The van der Waals surface area contributed by atoms with Gasteiger partial charge in [-0.3, -0.25) is 4.79 Å². The number of amides is 1. The average Bonchev–Trinajstić information content (AvgIpc) is 3.55. The van der Waals surface area contributed by atoms with Crippen LogP contribution in [0.4, 0.5) is 10.2 Å². The van der Waals surface area contributed by atoms with Crippen LogP contribution in [0.3, 0.4) is 0 Å². The number of aromatic nitrogens is 2. The molecule has 4 heterocycles. The third-order valence-corrected chi connectivity index (χ3v) is 7.86.